The average Bonchev–Trinajstić information content (AvgIpc) is 2.66. The molecular weight excluding hydrogens is 190 g/mol. The minimum atomic E-state index is 0.642. The highest BCUT2D eigenvalue weighted by Crippen LogP contribution is 2.11. The van der Waals surface area contributed by atoms with Crippen molar-refractivity contribution in [2.45, 2.75) is 38.6 Å². The molecule has 1 unspecified atom stereocenters. The maximum absolute atomic E-state index is 5.33. The van der Waals surface area contributed by atoms with Gasteiger partial charge < -0.3 is 15.1 Å². The fourth-order valence-corrected chi connectivity index (χ4v) is 1.96. The SMILES string of the molecule is Cc1cnc(NCCC2CCCCN2)o1. The zero-order chi connectivity index (χ0) is 10.5. The second kappa shape index (κ2) is 5.16. The molecule has 1 atom stereocenters. The minimum absolute atomic E-state index is 0.642. The van der Waals surface area contributed by atoms with Gasteiger partial charge in [0.2, 0.25) is 0 Å². The predicted octanol–water partition coefficient (Wildman–Crippen LogP) is 1.93. The van der Waals surface area contributed by atoms with E-state index in [-0.39, 0.29) is 0 Å². The summed E-state index contributed by atoms with van der Waals surface area (Å²) in [7, 11) is 0. The van der Waals surface area contributed by atoms with Crippen LogP contribution >= 0.6 is 0 Å². The van der Waals surface area contributed by atoms with E-state index < -0.39 is 0 Å². The lowest BCUT2D eigenvalue weighted by Gasteiger charge is -2.23. The summed E-state index contributed by atoms with van der Waals surface area (Å²) in [6, 6.07) is 1.31. The zero-order valence-electron chi connectivity index (χ0n) is 9.25. The molecule has 84 valence electrons. The smallest absolute Gasteiger partial charge is 0.294 e. The lowest BCUT2D eigenvalue weighted by Crippen LogP contribution is -2.35. The first-order chi connectivity index (χ1) is 7.34. The largest absolute Gasteiger partial charge is 0.429 e. The van der Waals surface area contributed by atoms with Crippen molar-refractivity contribution in [3.05, 3.63) is 12.0 Å². The van der Waals surface area contributed by atoms with Crippen molar-refractivity contribution >= 4 is 6.01 Å². The Morgan fingerprint density at radius 1 is 1.60 bits per heavy atom. The van der Waals surface area contributed by atoms with Gasteiger partial charge in [-0.05, 0) is 32.7 Å². The van der Waals surface area contributed by atoms with Gasteiger partial charge in [-0.25, -0.2) is 4.98 Å². The van der Waals surface area contributed by atoms with E-state index in [0.717, 1.165) is 18.7 Å². The molecule has 2 N–H and O–H groups in total. The number of aryl methyl sites for hydroxylation is 1. The van der Waals surface area contributed by atoms with Crippen molar-refractivity contribution in [2.75, 3.05) is 18.4 Å². The summed E-state index contributed by atoms with van der Waals surface area (Å²) in [6.45, 7) is 4.00. The van der Waals surface area contributed by atoms with Crippen molar-refractivity contribution in [1.29, 1.82) is 0 Å². The lowest BCUT2D eigenvalue weighted by molar-refractivity contribution is 0.387. The Hall–Kier alpha value is -1.03. The van der Waals surface area contributed by atoms with Gasteiger partial charge in [0.05, 0.1) is 6.20 Å². The van der Waals surface area contributed by atoms with Crippen LogP contribution in [0, 0.1) is 6.92 Å². The van der Waals surface area contributed by atoms with Crippen LogP contribution in [0.3, 0.4) is 0 Å². The van der Waals surface area contributed by atoms with E-state index >= 15 is 0 Å². The van der Waals surface area contributed by atoms with Crippen LogP contribution in [0.5, 0.6) is 0 Å². The molecule has 0 aromatic carbocycles. The van der Waals surface area contributed by atoms with Crippen LogP contribution in [-0.2, 0) is 0 Å². The van der Waals surface area contributed by atoms with Crippen molar-refractivity contribution in [2.24, 2.45) is 0 Å². The maximum atomic E-state index is 5.33. The van der Waals surface area contributed by atoms with Crippen LogP contribution < -0.4 is 10.6 Å². The number of nitrogens with zero attached hydrogens (tertiary/aromatic N) is 1. The van der Waals surface area contributed by atoms with E-state index in [0.29, 0.717) is 12.1 Å². The van der Waals surface area contributed by atoms with Gasteiger partial charge in [-0.15, -0.1) is 0 Å². The van der Waals surface area contributed by atoms with Crippen LogP contribution in [0.15, 0.2) is 10.6 Å². The Bertz CT molecular complexity index is 292. The number of hydrogen-bond donors (Lipinski definition) is 2. The summed E-state index contributed by atoms with van der Waals surface area (Å²) in [4.78, 5) is 4.10. The van der Waals surface area contributed by atoms with Gasteiger partial charge in [-0.1, -0.05) is 6.42 Å². The van der Waals surface area contributed by atoms with Crippen LogP contribution in [0.2, 0.25) is 0 Å². The van der Waals surface area contributed by atoms with E-state index in [1.165, 1.54) is 25.8 Å². The summed E-state index contributed by atoms with van der Waals surface area (Å²) in [5, 5.41) is 6.71. The molecule has 0 aliphatic carbocycles. The molecule has 4 nitrogen and oxygen atoms in total. The second-order valence-corrected chi connectivity index (χ2v) is 4.14. The van der Waals surface area contributed by atoms with Gasteiger partial charge >= 0.3 is 0 Å². The molecular formula is C11H19N3O. The fourth-order valence-electron chi connectivity index (χ4n) is 1.96. The molecule has 2 rings (SSSR count). The molecule has 0 spiro atoms. The maximum Gasteiger partial charge on any atom is 0.294 e. The summed E-state index contributed by atoms with van der Waals surface area (Å²) >= 11 is 0. The minimum Gasteiger partial charge on any atom is -0.429 e. The lowest BCUT2D eigenvalue weighted by atomic mass is 10.0. The highest BCUT2D eigenvalue weighted by atomic mass is 16.4. The Kier molecular flexibility index (Phi) is 3.61. The molecule has 1 aliphatic rings. The van der Waals surface area contributed by atoms with Gasteiger partial charge in [-0.2, -0.15) is 0 Å². The molecule has 1 fully saturated rings. The third kappa shape index (κ3) is 3.23. The molecule has 1 aromatic rings. The summed E-state index contributed by atoms with van der Waals surface area (Å²) in [6.07, 6.45) is 6.85. The summed E-state index contributed by atoms with van der Waals surface area (Å²) in [5.74, 6) is 0.855. The van der Waals surface area contributed by atoms with Gasteiger partial charge in [0, 0.05) is 12.6 Å². The van der Waals surface area contributed by atoms with Crippen molar-refractivity contribution in [3.8, 4) is 0 Å². The van der Waals surface area contributed by atoms with Gasteiger partial charge in [-0.3, -0.25) is 0 Å². The predicted molar refractivity (Wildman–Crippen MR) is 60.0 cm³/mol. The van der Waals surface area contributed by atoms with E-state index in [9.17, 15) is 0 Å². The summed E-state index contributed by atoms with van der Waals surface area (Å²) in [5.41, 5.74) is 0. The molecule has 1 aromatic heterocycles. The van der Waals surface area contributed by atoms with Crippen molar-refractivity contribution in [3.63, 3.8) is 0 Å². The number of nitrogens with one attached hydrogen (secondary N) is 2. The topological polar surface area (TPSA) is 50.1 Å². The third-order valence-corrected chi connectivity index (χ3v) is 2.80. The van der Waals surface area contributed by atoms with E-state index in [4.69, 9.17) is 4.42 Å². The van der Waals surface area contributed by atoms with E-state index in [1.54, 1.807) is 6.20 Å². The van der Waals surface area contributed by atoms with Crippen molar-refractivity contribution < 1.29 is 4.42 Å². The van der Waals surface area contributed by atoms with Gasteiger partial charge in [0.15, 0.2) is 0 Å². The molecule has 0 saturated carbocycles. The van der Waals surface area contributed by atoms with Crippen LogP contribution in [0.1, 0.15) is 31.4 Å². The molecule has 1 saturated heterocycles. The van der Waals surface area contributed by atoms with Crippen LogP contribution in [0.4, 0.5) is 6.01 Å². The zero-order valence-corrected chi connectivity index (χ0v) is 9.25. The Morgan fingerprint density at radius 3 is 3.20 bits per heavy atom. The summed E-state index contributed by atoms with van der Waals surface area (Å²) < 4.78 is 5.33. The molecule has 0 bridgehead atoms. The number of aromatic nitrogens is 1. The standard InChI is InChI=1S/C11H19N3O/c1-9-8-14-11(15-9)13-7-5-10-4-2-3-6-12-10/h8,10,12H,2-7H2,1H3,(H,13,14). The molecule has 0 amide bonds. The number of anilines is 1. The number of oxazole rings is 1. The highest BCUT2D eigenvalue weighted by Gasteiger charge is 2.11. The molecule has 15 heavy (non-hydrogen) atoms. The number of piperidine rings is 1. The van der Waals surface area contributed by atoms with Crippen molar-refractivity contribution in [1.82, 2.24) is 10.3 Å². The first kappa shape index (κ1) is 10.5. The second-order valence-electron chi connectivity index (χ2n) is 4.14. The first-order valence-electron chi connectivity index (χ1n) is 5.74. The molecule has 2 heterocycles. The Balaban J connectivity index is 1.65. The van der Waals surface area contributed by atoms with Crippen LogP contribution in [0.25, 0.3) is 0 Å². The molecule has 0 radical (unpaired) electrons. The molecule has 1 aliphatic heterocycles. The quantitative estimate of drug-likeness (QED) is 0.795. The van der Waals surface area contributed by atoms with E-state index in [1.807, 2.05) is 6.92 Å². The fraction of sp³-hybridized carbons (Fsp3) is 0.727. The molecule has 4 heteroatoms. The van der Waals surface area contributed by atoms with Crippen LogP contribution in [-0.4, -0.2) is 24.1 Å². The monoisotopic (exact) mass is 209 g/mol. The normalized spacial score (nSPS) is 21.5. The number of rotatable bonds is 4. The highest BCUT2D eigenvalue weighted by molar-refractivity contribution is 5.19. The van der Waals surface area contributed by atoms with E-state index in [2.05, 4.69) is 15.6 Å². The Morgan fingerprint density at radius 2 is 2.53 bits per heavy atom. The Labute approximate surface area is 90.5 Å². The van der Waals surface area contributed by atoms with Gasteiger partial charge in [0.25, 0.3) is 6.01 Å². The average molecular weight is 209 g/mol. The first-order valence-corrected chi connectivity index (χ1v) is 5.74. The number of hydrogen-bond acceptors (Lipinski definition) is 4. The third-order valence-electron chi connectivity index (χ3n) is 2.80. The van der Waals surface area contributed by atoms with Gasteiger partial charge in [0.1, 0.15) is 5.76 Å².